The lowest BCUT2D eigenvalue weighted by atomic mass is 10.1. The highest BCUT2D eigenvalue weighted by Crippen LogP contribution is 2.37. The van der Waals surface area contributed by atoms with Gasteiger partial charge >= 0.3 is 6.18 Å². The molecule has 3 aromatic rings. The van der Waals surface area contributed by atoms with Crippen molar-refractivity contribution < 1.29 is 26.4 Å². The molecule has 0 fully saturated rings. The van der Waals surface area contributed by atoms with Crippen LogP contribution in [0.15, 0.2) is 46.7 Å². The van der Waals surface area contributed by atoms with E-state index >= 15 is 0 Å². The summed E-state index contributed by atoms with van der Waals surface area (Å²) in [6.07, 6.45) is -3.53. The van der Waals surface area contributed by atoms with Crippen molar-refractivity contribution in [1.29, 1.82) is 0 Å². The number of nitrogens with one attached hydrogen (secondary N) is 1. The van der Waals surface area contributed by atoms with Crippen LogP contribution in [0.1, 0.15) is 15.4 Å². The molecule has 0 aliphatic rings. The molecule has 0 radical (unpaired) electrons. The molecular weight excluding hydrogens is 484 g/mol. The van der Waals surface area contributed by atoms with E-state index in [9.17, 15) is 26.4 Å². The van der Waals surface area contributed by atoms with Crippen LogP contribution in [0.4, 0.5) is 18.9 Å². The van der Waals surface area contributed by atoms with E-state index in [1.807, 2.05) is 0 Å². The first-order valence-corrected chi connectivity index (χ1v) is 11.5. The highest BCUT2D eigenvalue weighted by Gasteiger charge is 2.34. The van der Waals surface area contributed by atoms with E-state index in [0.29, 0.717) is 11.3 Å². The van der Waals surface area contributed by atoms with Crippen molar-refractivity contribution in [3.8, 4) is 11.3 Å². The van der Waals surface area contributed by atoms with Crippen molar-refractivity contribution in [3.63, 3.8) is 0 Å². The van der Waals surface area contributed by atoms with Gasteiger partial charge < -0.3 is 5.32 Å². The number of sulfone groups is 1. The van der Waals surface area contributed by atoms with Gasteiger partial charge in [0.2, 0.25) is 0 Å². The fourth-order valence-corrected chi connectivity index (χ4v) is 4.38. The number of hydrogen-bond donors (Lipinski definition) is 1. The number of benzene rings is 2. The molecular formula is C18H11Cl2F3N2O3S2. The van der Waals surface area contributed by atoms with Crippen molar-refractivity contribution in [3.05, 3.63) is 62.4 Å². The highest BCUT2D eigenvalue weighted by atomic mass is 35.5. The summed E-state index contributed by atoms with van der Waals surface area (Å²) in [5.41, 5.74) is 0.647. The predicted molar refractivity (Wildman–Crippen MR) is 110 cm³/mol. The highest BCUT2D eigenvalue weighted by molar-refractivity contribution is 7.90. The average Bonchev–Trinajstić information content (AvgIpc) is 3.11. The SMILES string of the molecule is CS(=O)(=O)c1ccc(C(=O)Nc2ccc(-c3csc(C(F)(F)F)n3)c(Cl)c2)c(Cl)c1. The van der Waals surface area contributed by atoms with Gasteiger partial charge in [0.15, 0.2) is 14.8 Å². The summed E-state index contributed by atoms with van der Waals surface area (Å²) in [6, 6.07) is 7.94. The minimum Gasteiger partial charge on any atom is -0.322 e. The Balaban J connectivity index is 1.82. The summed E-state index contributed by atoms with van der Waals surface area (Å²) in [5, 5.41) is 2.84. The number of carbonyl (C=O) groups is 1. The molecule has 0 unspecified atom stereocenters. The molecule has 1 N–H and O–H groups in total. The number of amides is 1. The van der Waals surface area contributed by atoms with E-state index in [0.717, 1.165) is 6.26 Å². The van der Waals surface area contributed by atoms with Gasteiger partial charge in [0, 0.05) is 22.9 Å². The average molecular weight is 495 g/mol. The zero-order valence-electron chi connectivity index (χ0n) is 14.9. The summed E-state index contributed by atoms with van der Waals surface area (Å²) in [5.74, 6) is -0.614. The first kappa shape index (κ1) is 22.5. The van der Waals surface area contributed by atoms with Crippen LogP contribution in [0.5, 0.6) is 0 Å². The van der Waals surface area contributed by atoms with Crippen molar-refractivity contribution in [2.24, 2.45) is 0 Å². The number of alkyl halides is 3. The Morgan fingerprint density at radius 3 is 2.33 bits per heavy atom. The second kappa shape index (κ2) is 8.18. The predicted octanol–water partition coefficient (Wildman–Crippen LogP) is 5.79. The summed E-state index contributed by atoms with van der Waals surface area (Å²) in [4.78, 5) is 16.0. The van der Waals surface area contributed by atoms with Crippen LogP contribution in [0.25, 0.3) is 11.3 Å². The molecule has 3 rings (SSSR count). The Morgan fingerprint density at radius 1 is 1.10 bits per heavy atom. The Bertz CT molecular complexity index is 1240. The van der Waals surface area contributed by atoms with Gasteiger partial charge in [0.25, 0.3) is 5.91 Å². The lowest BCUT2D eigenvalue weighted by Gasteiger charge is -2.10. The van der Waals surface area contributed by atoms with Gasteiger partial charge in [-0.05, 0) is 36.4 Å². The molecule has 1 heterocycles. The Kier molecular flexibility index (Phi) is 6.15. The number of halogens is 5. The Morgan fingerprint density at radius 2 is 1.80 bits per heavy atom. The quantitative estimate of drug-likeness (QED) is 0.497. The maximum absolute atomic E-state index is 12.7. The third-order valence-corrected chi connectivity index (χ3v) is 6.49. The molecule has 158 valence electrons. The molecule has 0 atom stereocenters. The van der Waals surface area contributed by atoms with E-state index < -0.39 is 26.9 Å². The summed E-state index contributed by atoms with van der Waals surface area (Å²) in [7, 11) is -3.48. The first-order chi connectivity index (χ1) is 13.9. The lowest BCUT2D eigenvalue weighted by molar-refractivity contribution is -0.137. The fourth-order valence-electron chi connectivity index (χ4n) is 2.44. The molecule has 2 aromatic carbocycles. The van der Waals surface area contributed by atoms with Crippen molar-refractivity contribution in [2.45, 2.75) is 11.1 Å². The molecule has 0 spiro atoms. The number of hydrogen-bond acceptors (Lipinski definition) is 5. The number of thiazole rings is 1. The Hall–Kier alpha value is -2.14. The molecule has 1 aromatic heterocycles. The molecule has 0 saturated carbocycles. The van der Waals surface area contributed by atoms with Crippen LogP contribution in [0.2, 0.25) is 10.0 Å². The molecule has 0 aliphatic heterocycles. The molecule has 0 saturated heterocycles. The number of nitrogens with zero attached hydrogens (tertiary/aromatic N) is 1. The largest absolute Gasteiger partial charge is 0.443 e. The minimum absolute atomic E-state index is 0.0297. The zero-order chi connectivity index (χ0) is 22.3. The van der Waals surface area contributed by atoms with Gasteiger partial charge in [-0.1, -0.05) is 23.2 Å². The topological polar surface area (TPSA) is 76.1 Å². The van der Waals surface area contributed by atoms with E-state index in [-0.39, 0.29) is 37.4 Å². The van der Waals surface area contributed by atoms with Crippen molar-refractivity contribution in [1.82, 2.24) is 4.98 Å². The molecule has 0 aliphatic carbocycles. The number of aromatic nitrogens is 1. The monoisotopic (exact) mass is 494 g/mol. The van der Waals surface area contributed by atoms with Gasteiger partial charge in [0.05, 0.1) is 26.2 Å². The molecule has 12 heteroatoms. The Labute approximate surface area is 183 Å². The normalized spacial score (nSPS) is 12.1. The van der Waals surface area contributed by atoms with Crippen LogP contribution in [0, 0.1) is 0 Å². The standard InChI is InChI=1S/C18H11Cl2F3N2O3S2/c1-30(27,28)10-3-5-12(14(20)7-10)16(26)24-9-2-4-11(13(19)6-9)15-8-29-17(25-15)18(21,22)23/h2-8H,1H3,(H,24,26). The van der Waals surface area contributed by atoms with Crippen LogP contribution in [-0.2, 0) is 16.0 Å². The summed E-state index contributed by atoms with van der Waals surface area (Å²) in [6.45, 7) is 0. The van der Waals surface area contributed by atoms with E-state index in [1.165, 1.54) is 41.8 Å². The third-order valence-electron chi connectivity index (χ3n) is 3.86. The van der Waals surface area contributed by atoms with Crippen molar-refractivity contribution >= 4 is 56.0 Å². The minimum atomic E-state index is -4.55. The molecule has 0 bridgehead atoms. The van der Waals surface area contributed by atoms with Crippen LogP contribution in [-0.4, -0.2) is 25.6 Å². The summed E-state index contributed by atoms with van der Waals surface area (Å²) < 4.78 is 61.3. The van der Waals surface area contributed by atoms with Gasteiger partial charge in [0.1, 0.15) is 0 Å². The summed E-state index contributed by atoms with van der Waals surface area (Å²) >= 11 is 12.6. The zero-order valence-corrected chi connectivity index (χ0v) is 18.1. The van der Waals surface area contributed by atoms with E-state index in [1.54, 1.807) is 0 Å². The van der Waals surface area contributed by atoms with Gasteiger partial charge in [-0.15, -0.1) is 11.3 Å². The third kappa shape index (κ3) is 4.94. The number of anilines is 1. The maximum Gasteiger partial charge on any atom is 0.443 e. The van der Waals surface area contributed by atoms with Gasteiger partial charge in [-0.2, -0.15) is 13.2 Å². The van der Waals surface area contributed by atoms with Gasteiger partial charge in [-0.3, -0.25) is 4.79 Å². The first-order valence-electron chi connectivity index (χ1n) is 8.00. The van der Waals surface area contributed by atoms with Gasteiger partial charge in [-0.25, -0.2) is 13.4 Å². The second-order valence-corrected chi connectivity index (χ2v) is 9.79. The van der Waals surface area contributed by atoms with Crippen LogP contribution >= 0.6 is 34.5 Å². The maximum atomic E-state index is 12.7. The number of carbonyl (C=O) groups excluding carboxylic acids is 1. The smallest absolute Gasteiger partial charge is 0.322 e. The second-order valence-electron chi connectivity index (χ2n) is 6.10. The van der Waals surface area contributed by atoms with E-state index in [2.05, 4.69) is 10.3 Å². The fraction of sp³-hybridized carbons (Fsp3) is 0.111. The lowest BCUT2D eigenvalue weighted by Crippen LogP contribution is -2.13. The van der Waals surface area contributed by atoms with E-state index in [4.69, 9.17) is 23.2 Å². The molecule has 30 heavy (non-hydrogen) atoms. The van der Waals surface area contributed by atoms with Crippen LogP contribution < -0.4 is 5.32 Å². The number of rotatable bonds is 4. The van der Waals surface area contributed by atoms with Crippen LogP contribution in [0.3, 0.4) is 0 Å². The molecule has 5 nitrogen and oxygen atoms in total. The van der Waals surface area contributed by atoms with Crippen molar-refractivity contribution in [2.75, 3.05) is 11.6 Å². The molecule has 1 amide bonds.